The molecule has 0 unspecified atom stereocenters. The van der Waals surface area contributed by atoms with Gasteiger partial charge in [0.15, 0.2) is 6.10 Å². The van der Waals surface area contributed by atoms with Crippen molar-refractivity contribution in [2.75, 3.05) is 11.9 Å². The Kier molecular flexibility index (Phi) is 8.06. The Morgan fingerprint density at radius 3 is 2.61 bits per heavy atom. The lowest BCUT2D eigenvalue weighted by molar-refractivity contribution is -0.139. The van der Waals surface area contributed by atoms with Crippen LogP contribution in [0, 0.1) is 5.92 Å². The number of hydrogen-bond acceptors (Lipinski definition) is 8. The SMILES string of the molecule is CCCC(CCC)C(=O)Nc1ccn([C@@H]2O[C@@H]3CO[P@@](=O)(OC(C)C)O[C@H]3C2(F)F)c(=O)n1. The average molecular weight is 493 g/mol. The summed E-state index contributed by atoms with van der Waals surface area (Å²) in [6.45, 7) is 6.60. The summed E-state index contributed by atoms with van der Waals surface area (Å²) in [5, 5.41) is 2.58. The van der Waals surface area contributed by atoms with Crippen LogP contribution >= 0.6 is 7.82 Å². The fourth-order valence-corrected chi connectivity index (χ4v) is 5.44. The van der Waals surface area contributed by atoms with E-state index < -0.39 is 50.6 Å². The summed E-state index contributed by atoms with van der Waals surface area (Å²) < 4.78 is 63.8. The van der Waals surface area contributed by atoms with Crippen LogP contribution in [0.15, 0.2) is 17.1 Å². The Balaban J connectivity index is 1.77. The summed E-state index contributed by atoms with van der Waals surface area (Å²) in [7, 11) is -4.21. The van der Waals surface area contributed by atoms with Gasteiger partial charge in [0.1, 0.15) is 11.9 Å². The van der Waals surface area contributed by atoms with Crippen LogP contribution in [-0.2, 0) is 27.7 Å². The van der Waals surface area contributed by atoms with E-state index in [2.05, 4.69) is 10.3 Å². The Bertz CT molecular complexity index is 952. The molecule has 2 saturated heterocycles. The third kappa shape index (κ3) is 5.68. The van der Waals surface area contributed by atoms with Gasteiger partial charge in [-0.3, -0.25) is 22.9 Å². The number of rotatable bonds is 9. The van der Waals surface area contributed by atoms with Gasteiger partial charge in [0, 0.05) is 12.1 Å². The van der Waals surface area contributed by atoms with Crippen molar-refractivity contribution in [2.24, 2.45) is 5.92 Å². The minimum Gasteiger partial charge on any atom is -0.343 e. The number of ether oxygens (including phenoxy) is 1. The highest BCUT2D eigenvalue weighted by molar-refractivity contribution is 7.48. The van der Waals surface area contributed by atoms with Gasteiger partial charge in [-0.05, 0) is 32.8 Å². The Labute approximate surface area is 190 Å². The number of hydrogen-bond donors (Lipinski definition) is 1. The number of nitrogens with one attached hydrogen (secondary N) is 1. The van der Waals surface area contributed by atoms with Crippen LogP contribution in [0.5, 0.6) is 0 Å². The van der Waals surface area contributed by atoms with E-state index in [1.165, 1.54) is 6.07 Å². The molecule has 2 aliphatic rings. The number of amides is 1. The normalized spacial score (nSPS) is 28.8. The number of alkyl halides is 2. The molecule has 2 fully saturated rings. The van der Waals surface area contributed by atoms with Gasteiger partial charge >= 0.3 is 19.4 Å². The number of nitrogens with zero attached hydrogens (tertiary/aromatic N) is 2. The molecular formula is C20H30F2N3O7P. The number of phosphoric ester groups is 1. The van der Waals surface area contributed by atoms with Crippen molar-refractivity contribution in [1.29, 1.82) is 0 Å². The first-order chi connectivity index (χ1) is 15.5. The molecule has 1 amide bonds. The van der Waals surface area contributed by atoms with Crippen molar-refractivity contribution in [3.63, 3.8) is 0 Å². The number of carbonyl (C=O) groups is 1. The molecule has 1 N–H and O–H groups in total. The smallest absolute Gasteiger partial charge is 0.343 e. The molecule has 0 saturated carbocycles. The first-order valence-electron chi connectivity index (χ1n) is 11.1. The third-order valence-corrected chi connectivity index (χ3v) is 6.94. The number of anilines is 1. The zero-order chi connectivity index (χ0) is 24.4. The van der Waals surface area contributed by atoms with Crippen LogP contribution in [0.4, 0.5) is 14.6 Å². The molecule has 0 spiro atoms. The maximum absolute atomic E-state index is 15.1. The largest absolute Gasteiger partial charge is 0.475 e. The molecule has 3 heterocycles. The fourth-order valence-electron chi connectivity index (χ4n) is 3.87. The van der Waals surface area contributed by atoms with Gasteiger partial charge in [-0.1, -0.05) is 26.7 Å². The monoisotopic (exact) mass is 493 g/mol. The molecule has 0 aromatic carbocycles. The molecule has 13 heteroatoms. The van der Waals surface area contributed by atoms with Crippen molar-refractivity contribution in [2.45, 2.75) is 83.8 Å². The fraction of sp³-hybridized carbons (Fsp3) is 0.750. The van der Waals surface area contributed by atoms with Gasteiger partial charge in [-0.25, -0.2) is 9.36 Å². The van der Waals surface area contributed by atoms with Crippen LogP contribution in [0.1, 0.15) is 59.6 Å². The number of halogens is 2. The molecule has 186 valence electrons. The molecule has 2 aliphatic heterocycles. The number of carbonyl (C=O) groups excluding carboxylic acids is 1. The van der Waals surface area contributed by atoms with Crippen LogP contribution in [0.3, 0.4) is 0 Å². The average Bonchev–Trinajstić information content (AvgIpc) is 2.97. The van der Waals surface area contributed by atoms with Gasteiger partial charge in [0.25, 0.3) is 0 Å². The highest BCUT2D eigenvalue weighted by Gasteiger charge is 2.65. The molecular weight excluding hydrogens is 463 g/mol. The van der Waals surface area contributed by atoms with Crippen LogP contribution in [-0.4, -0.2) is 46.3 Å². The quantitative estimate of drug-likeness (QED) is 0.515. The number of phosphoric acid groups is 1. The zero-order valence-electron chi connectivity index (χ0n) is 19.0. The number of aromatic nitrogens is 2. The maximum atomic E-state index is 15.1. The lowest BCUT2D eigenvalue weighted by Gasteiger charge is -2.32. The van der Waals surface area contributed by atoms with Gasteiger partial charge in [-0.15, -0.1) is 0 Å². The molecule has 0 aliphatic carbocycles. The van der Waals surface area contributed by atoms with Gasteiger partial charge in [0.05, 0.1) is 12.7 Å². The summed E-state index contributed by atoms with van der Waals surface area (Å²) in [6, 6.07) is 1.25. The molecule has 0 radical (unpaired) electrons. The molecule has 1 aromatic rings. The Morgan fingerprint density at radius 1 is 1.36 bits per heavy atom. The highest BCUT2D eigenvalue weighted by Crippen LogP contribution is 2.60. The minimum atomic E-state index is -4.21. The first-order valence-corrected chi connectivity index (χ1v) is 12.5. The van der Waals surface area contributed by atoms with Crippen LogP contribution < -0.4 is 11.0 Å². The van der Waals surface area contributed by atoms with E-state index in [1.807, 2.05) is 13.8 Å². The lowest BCUT2D eigenvalue weighted by Crippen LogP contribution is -2.45. The summed E-state index contributed by atoms with van der Waals surface area (Å²) in [5.41, 5.74) is -1.04. The minimum absolute atomic E-state index is 0.0356. The van der Waals surface area contributed by atoms with E-state index in [4.69, 9.17) is 18.3 Å². The van der Waals surface area contributed by atoms with Crippen LogP contribution in [0.2, 0.25) is 0 Å². The molecule has 3 rings (SSSR count). The Morgan fingerprint density at radius 2 is 2.03 bits per heavy atom. The summed E-state index contributed by atoms with van der Waals surface area (Å²) in [4.78, 5) is 28.7. The van der Waals surface area contributed by atoms with Crippen molar-refractivity contribution in [3.8, 4) is 0 Å². The van der Waals surface area contributed by atoms with Crippen molar-refractivity contribution in [1.82, 2.24) is 9.55 Å². The third-order valence-electron chi connectivity index (χ3n) is 5.31. The zero-order valence-corrected chi connectivity index (χ0v) is 19.9. The van der Waals surface area contributed by atoms with E-state index in [0.29, 0.717) is 17.4 Å². The topological polar surface area (TPSA) is 118 Å². The van der Waals surface area contributed by atoms with Gasteiger partial charge in [-0.2, -0.15) is 13.8 Å². The van der Waals surface area contributed by atoms with Crippen LogP contribution in [0.25, 0.3) is 0 Å². The maximum Gasteiger partial charge on any atom is 0.475 e. The Hall–Kier alpha value is -1.72. The standard InChI is InChI=1S/C20H30F2N3O7P/c1-5-7-13(8-6-2)17(26)23-15-9-10-25(19(27)24-15)18-20(21,22)16-14(30-18)11-29-33(28,32-16)31-12(3)4/h9-10,12-14,16,18H,5-8,11H2,1-4H3,(H,23,24,26,27)/t14-,16-,18-,33+/m1/s1. The van der Waals surface area contributed by atoms with Crippen molar-refractivity contribution in [3.05, 3.63) is 22.7 Å². The summed E-state index contributed by atoms with van der Waals surface area (Å²) in [5.74, 6) is -4.26. The summed E-state index contributed by atoms with van der Waals surface area (Å²) >= 11 is 0. The highest BCUT2D eigenvalue weighted by atomic mass is 31.2. The molecule has 10 nitrogen and oxygen atoms in total. The number of fused-ring (bicyclic) bond motifs is 1. The van der Waals surface area contributed by atoms with E-state index in [9.17, 15) is 14.2 Å². The second kappa shape index (κ2) is 10.3. The predicted molar refractivity (Wildman–Crippen MR) is 114 cm³/mol. The molecule has 4 atom stereocenters. The van der Waals surface area contributed by atoms with E-state index in [1.54, 1.807) is 13.8 Å². The first kappa shape index (κ1) is 25.9. The van der Waals surface area contributed by atoms with E-state index in [0.717, 1.165) is 19.0 Å². The van der Waals surface area contributed by atoms with Gasteiger partial charge in [0.2, 0.25) is 12.1 Å². The molecule has 1 aromatic heterocycles. The molecule has 0 bridgehead atoms. The van der Waals surface area contributed by atoms with Crippen molar-refractivity contribution < 1.29 is 36.4 Å². The van der Waals surface area contributed by atoms with Gasteiger partial charge < -0.3 is 10.1 Å². The van der Waals surface area contributed by atoms with E-state index in [-0.39, 0.29) is 17.6 Å². The van der Waals surface area contributed by atoms with E-state index >= 15 is 8.78 Å². The summed E-state index contributed by atoms with van der Waals surface area (Å²) in [6.07, 6.45) is -1.74. The lowest BCUT2D eigenvalue weighted by atomic mass is 9.97. The second-order valence-corrected chi connectivity index (χ2v) is 9.96. The predicted octanol–water partition coefficient (Wildman–Crippen LogP) is 3.88. The second-order valence-electron chi connectivity index (χ2n) is 8.39. The van der Waals surface area contributed by atoms with Crippen molar-refractivity contribution >= 4 is 19.5 Å². The molecule has 33 heavy (non-hydrogen) atoms.